The van der Waals surface area contributed by atoms with E-state index in [0.29, 0.717) is 24.1 Å². The third kappa shape index (κ3) is 2.66. The Bertz CT molecular complexity index is 521. The Balaban J connectivity index is 1.38. The van der Waals surface area contributed by atoms with E-state index >= 15 is 0 Å². The van der Waals surface area contributed by atoms with Crippen LogP contribution in [0.1, 0.15) is 33.1 Å². The van der Waals surface area contributed by atoms with Gasteiger partial charge in [-0.2, -0.15) is 0 Å². The van der Waals surface area contributed by atoms with Crippen molar-refractivity contribution in [1.82, 2.24) is 15.1 Å². The van der Waals surface area contributed by atoms with Gasteiger partial charge in [0.2, 0.25) is 0 Å². The highest BCUT2D eigenvalue weighted by molar-refractivity contribution is 5.81. The Kier molecular flexibility index (Phi) is 4.33. The molecule has 0 radical (unpaired) electrons. The standard InChI is InChI=1S/C19H32N4O/c1-19(2)16(15-7-6-12-24-17(15)19)21-18(20-3)23-11-8-14(13-23)22-9-4-5-10-22/h4-5,14-17H,6-13H2,1-3H3,(H,20,21). The molecule has 4 aliphatic rings. The summed E-state index contributed by atoms with van der Waals surface area (Å²) < 4.78 is 6.04. The van der Waals surface area contributed by atoms with E-state index in [4.69, 9.17) is 4.74 Å². The fraction of sp³-hybridized carbons (Fsp3) is 0.842. The molecule has 3 aliphatic heterocycles. The maximum atomic E-state index is 6.04. The summed E-state index contributed by atoms with van der Waals surface area (Å²) in [5, 5.41) is 3.81. The second kappa shape index (κ2) is 6.34. The summed E-state index contributed by atoms with van der Waals surface area (Å²) in [6, 6.07) is 1.15. The Morgan fingerprint density at radius 1 is 1.25 bits per heavy atom. The van der Waals surface area contributed by atoms with Gasteiger partial charge < -0.3 is 15.0 Å². The van der Waals surface area contributed by atoms with E-state index in [0.717, 1.165) is 38.7 Å². The van der Waals surface area contributed by atoms with Crippen LogP contribution in [0, 0.1) is 11.3 Å². The predicted molar refractivity (Wildman–Crippen MR) is 97.2 cm³/mol. The summed E-state index contributed by atoms with van der Waals surface area (Å²) in [6.07, 6.45) is 8.72. The predicted octanol–water partition coefficient (Wildman–Crippen LogP) is 1.71. The van der Waals surface area contributed by atoms with E-state index < -0.39 is 0 Å². The summed E-state index contributed by atoms with van der Waals surface area (Å²) in [7, 11) is 1.92. The molecule has 134 valence electrons. The molecule has 1 N–H and O–H groups in total. The summed E-state index contributed by atoms with van der Waals surface area (Å²) >= 11 is 0. The van der Waals surface area contributed by atoms with Crippen molar-refractivity contribution < 1.29 is 4.74 Å². The summed E-state index contributed by atoms with van der Waals surface area (Å²) in [6.45, 7) is 10.0. The molecule has 3 fully saturated rings. The molecule has 0 aromatic carbocycles. The molecule has 4 rings (SSSR count). The molecular weight excluding hydrogens is 300 g/mol. The van der Waals surface area contributed by atoms with Crippen molar-refractivity contribution in [2.75, 3.05) is 39.8 Å². The zero-order valence-corrected chi connectivity index (χ0v) is 15.4. The van der Waals surface area contributed by atoms with Crippen LogP contribution in [0.4, 0.5) is 0 Å². The monoisotopic (exact) mass is 332 g/mol. The molecule has 0 bridgehead atoms. The molecule has 24 heavy (non-hydrogen) atoms. The van der Waals surface area contributed by atoms with Crippen molar-refractivity contribution in [3.63, 3.8) is 0 Å². The molecule has 5 heteroatoms. The molecule has 4 unspecified atom stereocenters. The van der Waals surface area contributed by atoms with E-state index in [1.165, 1.54) is 19.3 Å². The molecule has 2 saturated heterocycles. The normalized spacial score (nSPS) is 39.0. The van der Waals surface area contributed by atoms with Crippen LogP contribution >= 0.6 is 0 Å². The third-order valence-corrected chi connectivity index (χ3v) is 6.65. The number of hydrogen-bond acceptors (Lipinski definition) is 3. The van der Waals surface area contributed by atoms with Gasteiger partial charge in [0.15, 0.2) is 5.96 Å². The molecule has 5 nitrogen and oxygen atoms in total. The van der Waals surface area contributed by atoms with Gasteiger partial charge in [-0.05, 0) is 19.3 Å². The van der Waals surface area contributed by atoms with Gasteiger partial charge in [-0.15, -0.1) is 0 Å². The van der Waals surface area contributed by atoms with Gasteiger partial charge in [-0.3, -0.25) is 9.89 Å². The van der Waals surface area contributed by atoms with Crippen molar-refractivity contribution in [3.05, 3.63) is 12.2 Å². The largest absolute Gasteiger partial charge is 0.377 e. The Morgan fingerprint density at radius 2 is 2.04 bits per heavy atom. The van der Waals surface area contributed by atoms with Gasteiger partial charge in [0.25, 0.3) is 0 Å². The van der Waals surface area contributed by atoms with Crippen molar-refractivity contribution in [1.29, 1.82) is 0 Å². The van der Waals surface area contributed by atoms with E-state index in [2.05, 4.69) is 46.1 Å². The fourth-order valence-corrected chi connectivity index (χ4v) is 5.28. The van der Waals surface area contributed by atoms with Crippen molar-refractivity contribution in [3.8, 4) is 0 Å². The van der Waals surface area contributed by atoms with Crippen molar-refractivity contribution in [2.45, 2.75) is 51.3 Å². The van der Waals surface area contributed by atoms with Crippen LogP contribution in [-0.4, -0.2) is 73.8 Å². The Morgan fingerprint density at radius 3 is 2.79 bits per heavy atom. The molecule has 3 heterocycles. The molecule has 0 amide bonds. The molecule has 1 saturated carbocycles. The van der Waals surface area contributed by atoms with Crippen LogP contribution in [0.15, 0.2) is 17.1 Å². The second-order valence-corrected chi connectivity index (χ2v) is 8.40. The number of ether oxygens (including phenoxy) is 1. The topological polar surface area (TPSA) is 40.1 Å². The van der Waals surface area contributed by atoms with Crippen LogP contribution in [0.3, 0.4) is 0 Å². The van der Waals surface area contributed by atoms with Crippen LogP contribution in [0.25, 0.3) is 0 Å². The third-order valence-electron chi connectivity index (χ3n) is 6.65. The summed E-state index contributed by atoms with van der Waals surface area (Å²) in [4.78, 5) is 9.64. The number of guanidine groups is 1. The van der Waals surface area contributed by atoms with Gasteiger partial charge in [-0.25, -0.2) is 0 Å². The minimum atomic E-state index is 0.193. The second-order valence-electron chi connectivity index (χ2n) is 8.40. The van der Waals surface area contributed by atoms with Crippen LogP contribution < -0.4 is 5.32 Å². The summed E-state index contributed by atoms with van der Waals surface area (Å²) in [5.41, 5.74) is 0.193. The van der Waals surface area contributed by atoms with E-state index in [1.54, 1.807) is 0 Å². The number of likely N-dealkylation sites (tertiary alicyclic amines) is 1. The first-order valence-electron chi connectivity index (χ1n) is 9.60. The number of nitrogens with one attached hydrogen (secondary N) is 1. The van der Waals surface area contributed by atoms with Crippen LogP contribution in [-0.2, 0) is 4.74 Å². The smallest absolute Gasteiger partial charge is 0.193 e. The van der Waals surface area contributed by atoms with Gasteiger partial charge in [0, 0.05) is 63.3 Å². The number of rotatable bonds is 2. The fourth-order valence-electron chi connectivity index (χ4n) is 5.28. The average Bonchev–Trinajstić information content (AvgIpc) is 3.27. The number of aliphatic imine (C=N–C) groups is 1. The number of fused-ring (bicyclic) bond motifs is 1. The molecular formula is C19H32N4O. The molecule has 0 aromatic rings. The highest BCUT2D eigenvalue weighted by atomic mass is 16.5. The zero-order valence-electron chi connectivity index (χ0n) is 15.4. The first kappa shape index (κ1) is 16.4. The first-order chi connectivity index (χ1) is 11.6. The Labute approximate surface area is 146 Å². The van der Waals surface area contributed by atoms with Gasteiger partial charge in [0.1, 0.15) is 0 Å². The quantitative estimate of drug-likeness (QED) is 0.475. The molecule has 1 aliphatic carbocycles. The SMILES string of the molecule is CN=C(NC1C2CCCOC2C1(C)C)N1CCC(N2CC=CC2)C1. The summed E-state index contributed by atoms with van der Waals surface area (Å²) in [5.74, 6) is 1.73. The highest BCUT2D eigenvalue weighted by Crippen LogP contribution is 2.51. The maximum absolute atomic E-state index is 6.04. The number of nitrogens with zero attached hydrogens (tertiary/aromatic N) is 3. The van der Waals surface area contributed by atoms with Crippen LogP contribution in [0.5, 0.6) is 0 Å². The van der Waals surface area contributed by atoms with E-state index in [1.807, 2.05) is 7.05 Å². The first-order valence-corrected chi connectivity index (χ1v) is 9.60. The lowest BCUT2D eigenvalue weighted by Crippen LogP contribution is -2.71. The Hall–Kier alpha value is -1.07. The lowest BCUT2D eigenvalue weighted by molar-refractivity contribution is -0.188. The van der Waals surface area contributed by atoms with Gasteiger partial charge in [-0.1, -0.05) is 26.0 Å². The maximum Gasteiger partial charge on any atom is 0.193 e. The van der Waals surface area contributed by atoms with Gasteiger partial charge >= 0.3 is 0 Å². The van der Waals surface area contributed by atoms with E-state index in [-0.39, 0.29) is 5.41 Å². The van der Waals surface area contributed by atoms with Crippen molar-refractivity contribution >= 4 is 5.96 Å². The van der Waals surface area contributed by atoms with Gasteiger partial charge in [0.05, 0.1) is 6.10 Å². The minimum absolute atomic E-state index is 0.193. The molecule has 4 atom stereocenters. The highest BCUT2D eigenvalue weighted by Gasteiger charge is 2.58. The average molecular weight is 332 g/mol. The lowest BCUT2D eigenvalue weighted by atomic mass is 9.55. The number of hydrogen-bond donors (Lipinski definition) is 1. The van der Waals surface area contributed by atoms with Crippen molar-refractivity contribution in [2.24, 2.45) is 16.3 Å². The lowest BCUT2D eigenvalue weighted by Gasteiger charge is -2.60. The molecule has 0 aromatic heterocycles. The minimum Gasteiger partial charge on any atom is -0.377 e. The van der Waals surface area contributed by atoms with Crippen LogP contribution in [0.2, 0.25) is 0 Å². The van der Waals surface area contributed by atoms with E-state index in [9.17, 15) is 0 Å². The molecule has 0 spiro atoms. The zero-order chi connectivity index (χ0) is 16.7.